The molecule has 0 saturated heterocycles. The molecule has 0 aromatic carbocycles. The lowest BCUT2D eigenvalue weighted by molar-refractivity contribution is -0.121. The third-order valence-electron chi connectivity index (χ3n) is 2.39. The number of carbonyl (C=O) groups is 1. The Labute approximate surface area is 99.8 Å². The van der Waals surface area contributed by atoms with E-state index in [0.29, 0.717) is 12.6 Å². The first-order valence-corrected chi connectivity index (χ1v) is 6.26. The molecule has 16 heavy (non-hydrogen) atoms. The zero-order chi connectivity index (χ0) is 12.4. The van der Waals surface area contributed by atoms with Crippen LogP contribution in [-0.2, 0) is 4.79 Å². The fourth-order valence-corrected chi connectivity index (χ4v) is 1.56. The van der Waals surface area contributed by atoms with Crippen LogP contribution in [0.1, 0.15) is 33.6 Å². The molecular weight excluding hydrogens is 202 g/mol. The maximum absolute atomic E-state index is 11.3. The fourth-order valence-electron chi connectivity index (χ4n) is 1.56. The number of hydrogen-bond acceptors (Lipinski definition) is 3. The first kappa shape index (κ1) is 15.4. The third-order valence-corrected chi connectivity index (χ3v) is 2.39. The van der Waals surface area contributed by atoms with Gasteiger partial charge in [0.25, 0.3) is 0 Å². The fraction of sp³-hybridized carbons (Fsp3) is 0.917. The van der Waals surface area contributed by atoms with Gasteiger partial charge in [-0.3, -0.25) is 9.69 Å². The Morgan fingerprint density at radius 3 is 2.50 bits per heavy atom. The molecule has 0 aromatic heterocycles. The van der Waals surface area contributed by atoms with Crippen molar-refractivity contribution in [1.82, 2.24) is 15.5 Å². The van der Waals surface area contributed by atoms with Crippen LogP contribution in [0.25, 0.3) is 0 Å². The van der Waals surface area contributed by atoms with E-state index in [4.69, 9.17) is 0 Å². The molecule has 0 unspecified atom stereocenters. The van der Waals surface area contributed by atoms with E-state index in [1.807, 2.05) is 0 Å². The van der Waals surface area contributed by atoms with E-state index in [-0.39, 0.29) is 5.91 Å². The Morgan fingerprint density at radius 2 is 2.00 bits per heavy atom. The minimum atomic E-state index is 0.102. The van der Waals surface area contributed by atoms with Gasteiger partial charge in [0.15, 0.2) is 0 Å². The van der Waals surface area contributed by atoms with Gasteiger partial charge in [0, 0.05) is 13.1 Å². The van der Waals surface area contributed by atoms with Crippen molar-refractivity contribution >= 4 is 5.91 Å². The molecule has 0 atom stereocenters. The van der Waals surface area contributed by atoms with Crippen molar-refractivity contribution in [3.8, 4) is 0 Å². The molecule has 0 heterocycles. The number of amides is 1. The standard InChI is InChI=1S/C12H27N3O/c1-5-8-15(10-12(16)13-4)9-6-7-14-11(2)3/h11,14H,5-10H2,1-4H3,(H,13,16). The van der Waals surface area contributed by atoms with Crippen molar-refractivity contribution in [2.24, 2.45) is 0 Å². The summed E-state index contributed by atoms with van der Waals surface area (Å²) in [5.74, 6) is 0.102. The Hall–Kier alpha value is -0.610. The second kappa shape index (κ2) is 9.60. The predicted octanol–water partition coefficient (Wildman–Crippen LogP) is 0.833. The normalized spacial score (nSPS) is 11.1. The van der Waals surface area contributed by atoms with Gasteiger partial charge in [0.1, 0.15) is 0 Å². The highest BCUT2D eigenvalue weighted by molar-refractivity contribution is 5.77. The number of rotatable bonds is 9. The van der Waals surface area contributed by atoms with E-state index < -0.39 is 0 Å². The molecule has 0 fully saturated rings. The summed E-state index contributed by atoms with van der Waals surface area (Å²) in [4.78, 5) is 13.5. The number of carbonyl (C=O) groups excluding carboxylic acids is 1. The van der Waals surface area contributed by atoms with Gasteiger partial charge in [0.2, 0.25) is 5.91 Å². The maximum Gasteiger partial charge on any atom is 0.233 e. The van der Waals surface area contributed by atoms with Gasteiger partial charge in [-0.25, -0.2) is 0 Å². The van der Waals surface area contributed by atoms with Crippen LogP contribution in [0.2, 0.25) is 0 Å². The van der Waals surface area contributed by atoms with Crippen molar-refractivity contribution in [3.05, 3.63) is 0 Å². The van der Waals surface area contributed by atoms with Crippen molar-refractivity contribution in [1.29, 1.82) is 0 Å². The van der Waals surface area contributed by atoms with Crippen LogP contribution in [-0.4, -0.2) is 50.1 Å². The van der Waals surface area contributed by atoms with Gasteiger partial charge in [-0.2, -0.15) is 0 Å². The first-order valence-electron chi connectivity index (χ1n) is 6.26. The van der Waals surface area contributed by atoms with E-state index >= 15 is 0 Å². The van der Waals surface area contributed by atoms with E-state index in [2.05, 4.69) is 36.3 Å². The van der Waals surface area contributed by atoms with E-state index in [1.165, 1.54) is 0 Å². The maximum atomic E-state index is 11.3. The van der Waals surface area contributed by atoms with Gasteiger partial charge in [-0.05, 0) is 32.5 Å². The minimum absolute atomic E-state index is 0.102. The summed E-state index contributed by atoms with van der Waals surface area (Å²) < 4.78 is 0. The molecular formula is C12H27N3O. The summed E-state index contributed by atoms with van der Waals surface area (Å²) in [5.41, 5.74) is 0. The Morgan fingerprint density at radius 1 is 1.31 bits per heavy atom. The van der Waals surface area contributed by atoms with E-state index in [9.17, 15) is 4.79 Å². The summed E-state index contributed by atoms with van der Waals surface area (Å²) in [7, 11) is 1.69. The van der Waals surface area contributed by atoms with Crippen LogP contribution in [0.5, 0.6) is 0 Å². The molecule has 4 nitrogen and oxygen atoms in total. The van der Waals surface area contributed by atoms with Crippen LogP contribution < -0.4 is 10.6 Å². The molecule has 0 aliphatic rings. The Kier molecular flexibility index (Phi) is 9.24. The molecule has 0 spiro atoms. The molecule has 2 N–H and O–H groups in total. The molecule has 0 saturated carbocycles. The van der Waals surface area contributed by atoms with E-state index in [0.717, 1.165) is 32.5 Å². The predicted molar refractivity (Wildman–Crippen MR) is 68.6 cm³/mol. The zero-order valence-corrected chi connectivity index (χ0v) is 11.2. The number of nitrogens with one attached hydrogen (secondary N) is 2. The number of hydrogen-bond donors (Lipinski definition) is 2. The molecule has 0 aliphatic carbocycles. The van der Waals surface area contributed by atoms with Gasteiger partial charge < -0.3 is 10.6 Å². The summed E-state index contributed by atoms with van der Waals surface area (Å²) in [6, 6.07) is 0.540. The summed E-state index contributed by atoms with van der Waals surface area (Å²) in [6.45, 7) is 9.96. The first-order chi connectivity index (χ1) is 7.60. The van der Waals surface area contributed by atoms with Crippen LogP contribution >= 0.6 is 0 Å². The average Bonchev–Trinajstić information content (AvgIpc) is 2.24. The van der Waals surface area contributed by atoms with Gasteiger partial charge in [0.05, 0.1) is 6.54 Å². The Bertz CT molecular complexity index is 183. The molecule has 1 amide bonds. The summed E-state index contributed by atoms with van der Waals surface area (Å²) in [5, 5.41) is 6.05. The quantitative estimate of drug-likeness (QED) is 0.576. The Balaban J connectivity index is 3.71. The van der Waals surface area contributed by atoms with Gasteiger partial charge in [-0.1, -0.05) is 20.8 Å². The third kappa shape index (κ3) is 8.68. The highest BCUT2D eigenvalue weighted by Crippen LogP contribution is 1.94. The average molecular weight is 229 g/mol. The van der Waals surface area contributed by atoms with Crippen LogP contribution in [0.15, 0.2) is 0 Å². The second-order valence-corrected chi connectivity index (χ2v) is 4.41. The molecule has 0 bridgehead atoms. The highest BCUT2D eigenvalue weighted by atomic mass is 16.1. The van der Waals surface area contributed by atoms with Crippen LogP contribution in [0.4, 0.5) is 0 Å². The minimum Gasteiger partial charge on any atom is -0.358 e. The van der Waals surface area contributed by atoms with Crippen molar-refractivity contribution in [2.75, 3.05) is 33.2 Å². The second-order valence-electron chi connectivity index (χ2n) is 4.41. The molecule has 0 aliphatic heterocycles. The number of nitrogens with zero attached hydrogens (tertiary/aromatic N) is 1. The van der Waals surface area contributed by atoms with Crippen LogP contribution in [0.3, 0.4) is 0 Å². The largest absolute Gasteiger partial charge is 0.358 e. The van der Waals surface area contributed by atoms with Gasteiger partial charge >= 0.3 is 0 Å². The van der Waals surface area contributed by atoms with Crippen LogP contribution in [0, 0.1) is 0 Å². The van der Waals surface area contributed by atoms with Crippen molar-refractivity contribution < 1.29 is 4.79 Å². The monoisotopic (exact) mass is 229 g/mol. The molecule has 0 radical (unpaired) electrons. The lowest BCUT2D eigenvalue weighted by Crippen LogP contribution is -2.37. The molecule has 0 rings (SSSR count). The lowest BCUT2D eigenvalue weighted by Gasteiger charge is -2.21. The molecule has 96 valence electrons. The molecule has 4 heteroatoms. The SMILES string of the molecule is CCCN(CCCNC(C)C)CC(=O)NC. The number of likely N-dealkylation sites (N-methyl/N-ethyl adjacent to an activating group) is 1. The smallest absolute Gasteiger partial charge is 0.233 e. The summed E-state index contributed by atoms with van der Waals surface area (Å²) >= 11 is 0. The highest BCUT2D eigenvalue weighted by Gasteiger charge is 2.07. The van der Waals surface area contributed by atoms with E-state index in [1.54, 1.807) is 7.05 Å². The van der Waals surface area contributed by atoms with Crippen molar-refractivity contribution in [2.45, 2.75) is 39.7 Å². The summed E-state index contributed by atoms with van der Waals surface area (Å²) in [6.07, 6.45) is 2.18. The molecule has 0 aromatic rings. The lowest BCUT2D eigenvalue weighted by atomic mass is 10.3. The van der Waals surface area contributed by atoms with Crippen molar-refractivity contribution in [3.63, 3.8) is 0 Å². The zero-order valence-electron chi connectivity index (χ0n) is 11.2. The van der Waals surface area contributed by atoms with Gasteiger partial charge in [-0.15, -0.1) is 0 Å². The topological polar surface area (TPSA) is 44.4 Å².